The van der Waals surface area contributed by atoms with Crippen molar-refractivity contribution in [1.82, 2.24) is 10.3 Å². The molecule has 4 nitrogen and oxygen atoms in total. The van der Waals surface area contributed by atoms with Crippen molar-refractivity contribution in [2.75, 3.05) is 11.9 Å². The van der Waals surface area contributed by atoms with E-state index in [2.05, 4.69) is 15.6 Å². The van der Waals surface area contributed by atoms with E-state index in [0.29, 0.717) is 12.1 Å². The van der Waals surface area contributed by atoms with Gasteiger partial charge in [0.25, 0.3) is 0 Å². The van der Waals surface area contributed by atoms with Crippen molar-refractivity contribution >= 4 is 23.1 Å². The molecule has 0 aliphatic rings. The van der Waals surface area contributed by atoms with Gasteiger partial charge in [-0.15, -0.1) is 11.3 Å². The molecule has 0 saturated heterocycles. The third kappa shape index (κ3) is 3.97. The molecule has 2 aromatic rings. The highest BCUT2D eigenvalue weighted by Gasteiger charge is 2.14. The Morgan fingerprint density at radius 2 is 1.95 bits per heavy atom. The van der Waals surface area contributed by atoms with E-state index >= 15 is 0 Å². The fraction of sp³-hybridized carbons (Fsp3) is 0.286. The van der Waals surface area contributed by atoms with Crippen LogP contribution in [0.5, 0.6) is 0 Å². The van der Waals surface area contributed by atoms with Gasteiger partial charge >= 0.3 is 6.03 Å². The fourth-order valence-electron chi connectivity index (χ4n) is 1.72. The predicted molar refractivity (Wildman–Crippen MR) is 78.6 cm³/mol. The third-order valence-electron chi connectivity index (χ3n) is 2.89. The Balaban J connectivity index is 1.92. The minimum absolute atomic E-state index is 0.0146. The molecule has 0 saturated carbocycles. The van der Waals surface area contributed by atoms with Crippen LogP contribution < -0.4 is 10.6 Å². The Morgan fingerprint density at radius 1 is 1.27 bits per heavy atom. The number of rotatable bonds is 4. The first-order chi connectivity index (χ1) is 10.4. The van der Waals surface area contributed by atoms with Gasteiger partial charge < -0.3 is 10.6 Å². The summed E-state index contributed by atoms with van der Waals surface area (Å²) >= 11 is 1.49. The SMILES string of the molecule is Cc1csc(C(C)CNC(=O)Nc2cc(F)c(F)cc2F)n1. The number of nitrogens with one attached hydrogen (secondary N) is 2. The smallest absolute Gasteiger partial charge is 0.319 e. The lowest BCUT2D eigenvalue weighted by molar-refractivity contribution is 0.251. The van der Waals surface area contributed by atoms with E-state index in [-0.39, 0.29) is 12.5 Å². The molecule has 2 amide bonds. The van der Waals surface area contributed by atoms with Crippen molar-refractivity contribution in [3.63, 3.8) is 0 Å². The normalized spacial score (nSPS) is 12.0. The topological polar surface area (TPSA) is 54.0 Å². The van der Waals surface area contributed by atoms with Crippen LogP contribution in [0.2, 0.25) is 0 Å². The number of aromatic nitrogens is 1. The largest absolute Gasteiger partial charge is 0.337 e. The average Bonchev–Trinajstić information content (AvgIpc) is 2.89. The zero-order chi connectivity index (χ0) is 16.3. The Morgan fingerprint density at radius 3 is 2.59 bits per heavy atom. The lowest BCUT2D eigenvalue weighted by Gasteiger charge is -2.12. The summed E-state index contributed by atoms with van der Waals surface area (Å²) in [5, 5.41) is 7.45. The van der Waals surface area contributed by atoms with Gasteiger partial charge in [0.15, 0.2) is 11.6 Å². The first-order valence-corrected chi connectivity index (χ1v) is 7.36. The molecule has 0 spiro atoms. The van der Waals surface area contributed by atoms with Crippen LogP contribution >= 0.6 is 11.3 Å². The molecule has 1 aromatic heterocycles. The van der Waals surface area contributed by atoms with Crippen LogP contribution in [0.25, 0.3) is 0 Å². The van der Waals surface area contributed by atoms with Crippen molar-refractivity contribution in [2.45, 2.75) is 19.8 Å². The summed E-state index contributed by atoms with van der Waals surface area (Å²) in [7, 11) is 0. The summed E-state index contributed by atoms with van der Waals surface area (Å²) in [6.07, 6.45) is 0. The number of thiazole rings is 1. The molecule has 0 aliphatic heterocycles. The van der Waals surface area contributed by atoms with Crippen molar-refractivity contribution < 1.29 is 18.0 Å². The van der Waals surface area contributed by atoms with Gasteiger partial charge in [-0.05, 0) is 6.92 Å². The van der Waals surface area contributed by atoms with E-state index in [0.717, 1.165) is 10.7 Å². The maximum Gasteiger partial charge on any atom is 0.319 e. The molecule has 0 aliphatic carbocycles. The van der Waals surface area contributed by atoms with Crippen LogP contribution in [0.3, 0.4) is 0 Å². The second-order valence-electron chi connectivity index (χ2n) is 4.81. The molecule has 118 valence electrons. The second-order valence-corrected chi connectivity index (χ2v) is 5.70. The van der Waals surface area contributed by atoms with E-state index in [1.54, 1.807) is 0 Å². The Bertz CT molecular complexity index is 690. The van der Waals surface area contributed by atoms with Crippen LogP contribution in [-0.4, -0.2) is 17.6 Å². The van der Waals surface area contributed by atoms with Gasteiger partial charge in [-0.25, -0.2) is 22.9 Å². The predicted octanol–water partition coefficient (Wildman–Crippen LogP) is 3.79. The molecule has 22 heavy (non-hydrogen) atoms. The van der Waals surface area contributed by atoms with E-state index in [1.165, 1.54) is 11.3 Å². The van der Waals surface area contributed by atoms with E-state index in [9.17, 15) is 18.0 Å². The number of carbonyl (C=O) groups is 1. The lowest BCUT2D eigenvalue weighted by atomic mass is 10.2. The standard InChI is InChI=1S/C14H14F3N3OS/c1-7(13-19-8(2)6-22-13)5-18-14(21)20-12-4-10(16)9(15)3-11(12)17/h3-4,6-7H,5H2,1-2H3,(H2,18,20,21). The number of aryl methyl sites for hydroxylation is 1. The van der Waals surface area contributed by atoms with Crippen molar-refractivity contribution in [3.8, 4) is 0 Å². The fourth-order valence-corrected chi connectivity index (χ4v) is 2.57. The summed E-state index contributed by atoms with van der Waals surface area (Å²) in [6, 6.07) is 0.272. The van der Waals surface area contributed by atoms with Gasteiger partial charge in [0, 0.05) is 35.7 Å². The summed E-state index contributed by atoms with van der Waals surface area (Å²) in [5.41, 5.74) is 0.481. The van der Waals surface area contributed by atoms with Crippen LogP contribution in [0.4, 0.5) is 23.7 Å². The molecule has 1 heterocycles. The molecule has 8 heteroatoms. The highest BCUT2D eigenvalue weighted by Crippen LogP contribution is 2.20. The van der Waals surface area contributed by atoms with Gasteiger partial charge in [0.2, 0.25) is 0 Å². The minimum atomic E-state index is -1.31. The number of nitrogens with zero attached hydrogens (tertiary/aromatic N) is 1. The summed E-state index contributed by atoms with van der Waals surface area (Å²) in [6.45, 7) is 4.04. The summed E-state index contributed by atoms with van der Waals surface area (Å²) in [4.78, 5) is 16.0. The highest BCUT2D eigenvalue weighted by molar-refractivity contribution is 7.09. The average molecular weight is 329 g/mol. The Hall–Kier alpha value is -2.09. The Labute approximate surface area is 129 Å². The molecule has 0 bridgehead atoms. The maximum atomic E-state index is 13.4. The number of benzene rings is 1. The van der Waals surface area contributed by atoms with Gasteiger partial charge in [-0.1, -0.05) is 6.92 Å². The molecular formula is C14H14F3N3OS. The van der Waals surface area contributed by atoms with E-state index in [4.69, 9.17) is 0 Å². The van der Waals surface area contributed by atoms with Crippen LogP contribution in [0, 0.1) is 24.4 Å². The minimum Gasteiger partial charge on any atom is -0.337 e. The van der Waals surface area contributed by atoms with Crippen LogP contribution in [-0.2, 0) is 0 Å². The molecule has 1 aromatic carbocycles. The van der Waals surface area contributed by atoms with Crippen LogP contribution in [0.1, 0.15) is 23.5 Å². The van der Waals surface area contributed by atoms with Crippen LogP contribution in [0.15, 0.2) is 17.5 Å². The molecule has 0 radical (unpaired) electrons. The van der Waals surface area contributed by atoms with Gasteiger partial charge in [0.1, 0.15) is 5.82 Å². The van der Waals surface area contributed by atoms with Crippen molar-refractivity contribution in [1.29, 1.82) is 0 Å². The van der Waals surface area contributed by atoms with Crippen molar-refractivity contribution in [3.05, 3.63) is 45.7 Å². The first-order valence-electron chi connectivity index (χ1n) is 6.48. The van der Waals surface area contributed by atoms with Gasteiger partial charge in [-0.3, -0.25) is 0 Å². The molecule has 1 unspecified atom stereocenters. The van der Waals surface area contributed by atoms with Crippen molar-refractivity contribution in [2.24, 2.45) is 0 Å². The first kappa shape index (κ1) is 16.3. The van der Waals surface area contributed by atoms with E-state index < -0.39 is 29.2 Å². The number of amides is 2. The maximum absolute atomic E-state index is 13.4. The lowest BCUT2D eigenvalue weighted by Crippen LogP contribution is -2.32. The molecule has 1 atom stereocenters. The Kier molecular flexibility index (Phi) is 5.02. The quantitative estimate of drug-likeness (QED) is 0.839. The number of hydrogen-bond donors (Lipinski definition) is 2. The molecule has 0 fully saturated rings. The summed E-state index contributed by atoms with van der Waals surface area (Å²) < 4.78 is 39.2. The zero-order valence-electron chi connectivity index (χ0n) is 11.9. The molecule has 2 rings (SSSR count). The highest BCUT2D eigenvalue weighted by atomic mass is 32.1. The molecular weight excluding hydrogens is 315 g/mol. The third-order valence-corrected chi connectivity index (χ3v) is 4.08. The zero-order valence-corrected chi connectivity index (χ0v) is 12.7. The van der Waals surface area contributed by atoms with Gasteiger partial charge in [0.05, 0.1) is 10.7 Å². The number of hydrogen-bond acceptors (Lipinski definition) is 3. The molecule has 2 N–H and O–H groups in total. The number of carbonyl (C=O) groups excluding carboxylic acids is 1. The number of anilines is 1. The van der Waals surface area contributed by atoms with Gasteiger partial charge in [-0.2, -0.15) is 0 Å². The monoisotopic (exact) mass is 329 g/mol. The second kappa shape index (κ2) is 6.78. The number of halogens is 3. The number of urea groups is 1. The summed E-state index contributed by atoms with van der Waals surface area (Å²) in [5.74, 6) is -3.60. The van der Waals surface area contributed by atoms with E-state index in [1.807, 2.05) is 19.2 Å².